The van der Waals surface area contributed by atoms with Crippen molar-refractivity contribution in [2.45, 2.75) is 25.7 Å². The highest BCUT2D eigenvalue weighted by molar-refractivity contribution is 7.10. The molecule has 1 N–H and O–H groups in total. The van der Waals surface area contributed by atoms with Gasteiger partial charge in [0.05, 0.1) is 5.56 Å². The van der Waals surface area contributed by atoms with Gasteiger partial charge in [-0.05, 0) is 46.2 Å². The number of aromatic carboxylic acids is 1. The van der Waals surface area contributed by atoms with Gasteiger partial charge >= 0.3 is 5.97 Å². The molecule has 0 bridgehead atoms. The second kappa shape index (κ2) is 7.21. The van der Waals surface area contributed by atoms with Gasteiger partial charge in [0, 0.05) is 17.2 Å². The first kappa shape index (κ1) is 18.4. The van der Waals surface area contributed by atoms with Crippen molar-refractivity contribution in [2.24, 2.45) is 0 Å². The van der Waals surface area contributed by atoms with E-state index < -0.39 is 5.97 Å². The zero-order chi connectivity index (χ0) is 19.7. The molecule has 4 rings (SSSR count). The zero-order valence-electron chi connectivity index (χ0n) is 15.8. The number of rotatable bonds is 4. The minimum Gasteiger partial charge on any atom is -0.478 e. The Morgan fingerprint density at radius 3 is 2.75 bits per heavy atom. The van der Waals surface area contributed by atoms with Crippen molar-refractivity contribution in [1.82, 2.24) is 4.98 Å². The van der Waals surface area contributed by atoms with Gasteiger partial charge < -0.3 is 5.11 Å². The van der Waals surface area contributed by atoms with Crippen LogP contribution in [0, 0.1) is 0 Å². The Hall–Kier alpha value is -2.98. The van der Waals surface area contributed by atoms with Crippen LogP contribution in [0.2, 0.25) is 0 Å². The summed E-state index contributed by atoms with van der Waals surface area (Å²) < 4.78 is 0. The van der Waals surface area contributed by atoms with E-state index in [0.717, 1.165) is 17.0 Å². The quantitative estimate of drug-likeness (QED) is 0.548. The topological polar surface area (TPSA) is 50.2 Å². The SMILES string of the molecule is CC1(C)CC=C(c2nccs2)c2cc(C=Cc3ccccc3C(=O)O)ccc21. The Bertz CT molecular complexity index is 1090. The van der Waals surface area contributed by atoms with Crippen molar-refractivity contribution >= 4 is 35.0 Å². The van der Waals surface area contributed by atoms with Crippen molar-refractivity contribution in [3.63, 3.8) is 0 Å². The van der Waals surface area contributed by atoms with Gasteiger partial charge in [-0.1, -0.05) is 62.4 Å². The number of fused-ring (bicyclic) bond motifs is 1. The lowest BCUT2D eigenvalue weighted by atomic mass is 9.73. The van der Waals surface area contributed by atoms with E-state index >= 15 is 0 Å². The third-order valence-electron chi connectivity index (χ3n) is 5.19. The summed E-state index contributed by atoms with van der Waals surface area (Å²) in [4.78, 5) is 15.9. The van der Waals surface area contributed by atoms with Crippen molar-refractivity contribution in [3.05, 3.63) is 92.9 Å². The fraction of sp³-hybridized carbons (Fsp3) is 0.167. The highest BCUT2D eigenvalue weighted by atomic mass is 32.1. The second-order valence-corrected chi connectivity index (χ2v) is 8.47. The van der Waals surface area contributed by atoms with Gasteiger partial charge in [-0.3, -0.25) is 0 Å². The average Bonchev–Trinajstić information content (AvgIpc) is 3.21. The molecule has 2 aromatic carbocycles. The van der Waals surface area contributed by atoms with Crippen LogP contribution in [0.5, 0.6) is 0 Å². The largest absolute Gasteiger partial charge is 0.478 e. The molecule has 0 unspecified atom stereocenters. The van der Waals surface area contributed by atoms with Crippen LogP contribution in [0.4, 0.5) is 0 Å². The van der Waals surface area contributed by atoms with Crippen LogP contribution in [0.15, 0.2) is 60.1 Å². The Balaban J connectivity index is 1.75. The van der Waals surface area contributed by atoms with Gasteiger partial charge in [-0.25, -0.2) is 9.78 Å². The summed E-state index contributed by atoms with van der Waals surface area (Å²) in [6.45, 7) is 4.53. The molecule has 4 heteroatoms. The van der Waals surface area contributed by atoms with E-state index in [1.54, 1.807) is 23.5 Å². The van der Waals surface area contributed by atoms with Crippen molar-refractivity contribution < 1.29 is 9.90 Å². The van der Waals surface area contributed by atoms with Crippen LogP contribution in [0.1, 0.15) is 57.9 Å². The molecule has 0 atom stereocenters. The molecule has 0 saturated heterocycles. The van der Waals surface area contributed by atoms with E-state index in [0.29, 0.717) is 11.1 Å². The Morgan fingerprint density at radius 2 is 2.00 bits per heavy atom. The number of hydrogen-bond donors (Lipinski definition) is 1. The lowest BCUT2D eigenvalue weighted by Gasteiger charge is -2.31. The fourth-order valence-corrected chi connectivity index (χ4v) is 4.33. The number of carbonyl (C=O) groups is 1. The van der Waals surface area contributed by atoms with Crippen LogP contribution in [-0.4, -0.2) is 16.1 Å². The third kappa shape index (κ3) is 3.43. The summed E-state index contributed by atoms with van der Waals surface area (Å²) >= 11 is 1.65. The van der Waals surface area contributed by atoms with Crippen LogP contribution >= 0.6 is 11.3 Å². The predicted octanol–water partition coefficient (Wildman–Crippen LogP) is 6.12. The lowest BCUT2D eigenvalue weighted by Crippen LogP contribution is -2.21. The van der Waals surface area contributed by atoms with Crippen LogP contribution in [0.25, 0.3) is 17.7 Å². The van der Waals surface area contributed by atoms with Gasteiger partial charge in [-0.15, -0.1) is 11.3 Å². The van der Waals surface area contributed by atoms with Gasteiger partial charge in [0.15, 0.2) is 0 Å². The summed E-state index contributed by atoms with van der Waals surface area (Å²) in [7, 11) is 0. The molecule has 28 heavy (non-hydrogen) atoms. The molecule has 0 radical (unpaired) electrons. The molecule has 0 aliphatic heterocycles. The molecule has 0 amide bonds. The molecule has 0 fully saturated rings. The number of hydrogen-bond acceptors (Lipinski definition) is 3. The Morgan fingerprint density at radius 1 is 1.18 bits per heavy atom. The predicted molar refractivity (Wildman–Crippen MR) is 116 cm³/mol. The molecule has 3 aromatic rings. The number of benzene rings is 2. The molecule has 1 aliphatic rings. The van der Waals surface area contributed by atoms with Crippen LogP contribution in [0.3, 0.4) is 0 Å². The molecule has 1 aliphatic carbocycles. The van der Waals surface area contributed by atoms with Gasteiger partial charge in [0.1, 0.15) is 5.01 Å². The molecular weight excluding hydrogens is 366 g/mol. The average molecular weight is 388 g/mol. The molecule has 0 saturated carbocycles. The summed E-state index contributed by atoms with van der Waals surface area (Å²) in [5.41, 5.74) is 5.84. The maximum absolute atomic E-state index is 11.4. The Labute approximate surface area is 168 Å². The molecule has 3 nitrogen and oxygen atoms in total. The number of allylic oxidation sites excluding steroid dienone is 1. The second-order valence-electron chi connectivity index (χ2n) is 7.57. The third-order valence-corrected chi connectivity index (χ3v) is 6.00. The van der Waals surface area contributed by atoms with E-state index in [4.69, 9.17) is 0 Å². The van der Waals surface area contributed by atoms with Crippen molar-refractivity contribution in [2.75, 3.05) is 0 Å². The molecule has 0 spiro atoms. The smallest absolute Gasteiger partial charge is 0.336 e. The number of nitrogens with zero attached hydrogens (tertiary/aromatic N) is 1. The maximum Gasteiger partial charge on any atom is 0.336 e. The molecular formula is C24H21NO2S. The van der Waals surface area contributed by atoms with Crippen LogP contribution in [-0.2, 0) is 5.41 Å². The van der Waals surface area contributed by atoms with Crippen LogP contribution < -0.4 is 0 Å². The normalized spacial score (nSPS) is 15.3. The minimum absolute atomic E-state index is 0.0776. The number of carboxylic acid groups (broad SMARTS) is 1. The summed E-state index contributed by atoms with van der Waals surface area (Å²) in [6, 6.07) is 13.5. The summed E-state index contributed by atoms with van der Waals surface area (Å²) in [5, 5.41) is 12.4. The first-order valence-corrected chi connectivity index (χ1v) is 10.1. The number of aromatic nitrogens is 1. The maximum atomic E-state index is 11.4. The number of thiazole rings is 1. The van der Waals surface area contributed by atoms with E-state index in [1.807, 2.05) is 35.9 Å². The first-order valence-electron chi connectivity index (χ1n) is 9.21. The molecule has 140 valence electrons. The van der Waals surface area contributed by atoms with E-state index in [-0.39, 0.29) is 5.41 Å². The lowest BCUT2D eigenvalue weighted by molar-refractivity contribution is 0.0696. The Kier molecular flexibility index (Phi) is 4.73. The van der Waals surface area contributed by atoms with Gasteiger partial charge in [0.25, 0.3) is 0 Å². The highest BCUT2D eigenvalue weighted by Crippen LogP contribution is 2.42. The van der Waals surface area contributed by atoms with E-state index in [9.17, 15) is 9.90 Å². The summed E-state index contributed by atoms with van der Waals surface area (Å²) in [5.74, 6) is -0.915. The number of carboxylic acids is 1. The summed E-state index contributed by atoms with van der Waals surface area (Å²) in [6.07, 6.45) is 8.95. The highest BCUT2D eigenvalue weighted by Gasteiger charge is 2.29. The van der Waals surface area contributed by atoms with Gasteiger partial charge in [-0.2, -0.15) is 0 Å². The minimum atomic E-state index is -0.915. The zero-order valence-corrected chi connectivity index (χ0v) is 16.7. The van der Waals surface area contributed by atoms with Crippen molar-refractivity contribution in [3.8, 4) is 0 Å². The van der Waals surface area contributed by atoms with Gasteiger partial charge in [0.2, 0.25) is 0 Å². The van der Waals surface area contributed by atoms with Crippen molar-refractivity contribution in [1.29, 1.82) is 0 Å². The standard InChI is InChI=1S/C24H21NO2S/c1-24(2)12-11-19(22-25-13-14-28-22)20-15-16(8-10-21(20)24)7-9-17-5-3-4-6-18(17)23(26)27/h3-11,13-15H,12H2,1-2H3,(H,26,27). The monoisotopic (exact) mass is 387 g/mol. The fourth-order valence-electron chi connectivity index (χ4n) is 3.64. The first-order chi connectivity index (χ1) is 13.5. The van der Waals surface area contributed by atoms with E-state index in [2.05, 4.69) is 43.1 Å². The molecule has 1 aromatic heterocycles. The van der Waals surface area contributed by atoms with E-state index in [1.165, 1.54) is 16.7 Å². The molecule has 1 heterocycles.